The minimum atomic E-state index is -5.11. The van der Waals surface area contributed by atoms with Crippen molar-refractivity contribution in [2.75, 3.05) is 13.2 Å². The molecule has 51 heavy (non-hydrogen) atoms. The molecule has 1 saturated heterocycles. The second-order valence-electron chi connectivity index (χ2n) is 13.7. The Morgan fingerprint density at radius 2 is 1.31 bits per heavy atom. The minimum Gasteiger partial charge on any atom is -0.394 e. The van der Waals surface area contributed by atoms with Gasteiger partial charge >= 0.3 is 10.4 Å². The Hall–Kier alpha value is -1.46. The molecule has 1 aliphatic rings. The molecule has 1 amide bonds. The van der Waals surface area contributed by atoms with Crippen LogP contribution in [0.3, 0.4) is 0 Å². The normalized spacial score (nSPS) is 23.2. The van der Waals surface area contributed by atoms with Crippen LogP contribution in [0.15, 0.2) is 24.3 Å². The maximum atomic E-state index is 13.0. The number of ether oxygens (including phenoxy) is 2. The Morgan fingerprint density at radius 3 is 1.86 bits per heavy atom. The van der Waals surface area contributed by atoms with E-state index in [2.05, 4.69) is 35.5 Å². The molecule has 7 N–H and O–H groups in total. The molecule has 8 unspecified atom stereocenters. The first-order valence-electron chi connectivity index (χ1n) is 19.3. The van der Waals surface area contributed by atoms with Crippen LogP contribution in [0.25, 0.3) is 0 Å². The van der Waals surface area contributed by atoms with E-state index < -0.39 is 78.5 Å². The predicted molar refractivity (Wildman–Crippen MR) is 196 cm³/mol. The van der Waals surface area contributed by atoms with Gasteiger partial charge < -0.3 is 40.3 Å². The first-order chi connectivity index (χ1) is 24.4. The number of unbranched alkanes of at least 4 members (excludes halogenated alkanes) is 16. The smallest absolute Gasteiger partial charge is 0.394 e. The second-order valence-corrected chi connectivity index (χ2v) is 14.7. The van der Waals surface area contributed by atoms with Gasteiger partial charge in [-0.15, -0.1) is 0 Å². The molecule has 1 rings (SSSR count). The number of allylic oxidation sites excluding steroid dienone is 3. The van der Waals surface area contributed by atoms with Crippen LogP contribution >= 0.6 is 0 Å². The molecule has 8 atom stereocenters. The SMILES string of the molecule is CCCC/C=C/CC/C=C/C(O)C(COC1OC(CO)C(O)C(OS(=O)(=O)O)C1O)NC(=O)C(O)CCCCCCCCCCCCCCCC. The summed E-state index contributed by atoms with van der Waals surface area (Å²) in [5.74, 6) is -0.717. The van der Waals surface area contributed by atoms with E-state index >= 15 is 0 Å². The maximum absolute atomic E-state index is 13.0. The van der Waals surface area contributed by atoms with Crippen molar-refractivity contribution in [3.8, 4) is 0 Å². The van der Waals surface area contributed by atoms with E-state index in [1.807, 2.05) is 0 Å². The van der Waals surface area contributed by atoms with E-state index in [4.69, 9.17) is 14.0 Å². The van der Waals surface area contributed by atoms with Crippen LogP contribution in [0.1, 0.15) is 142 Å². The molecular weight excluding hydrogens is 682 g/mol. The third-order valence-electron chi connectivity index (χ3n) is 9.09. The Balaban J connectivity index is 2.66. The molecule has 0 aromatic rings. The summed E-state index contributed by atoms with van der Waals surface area (Å²) >= 11 is 0. The average molecular weight is 752 g/mol. The number of carbonyl (C=O) groups excluding carboxylic acids is 1. The van der Waals surface area contributed by atoms with Gasteiger partial charge in [0, 0.05) is 0 Å². The molecule has 0 aromatic carbocycles. The largest absolute Gasteiger partial charge is 0.397 e. The lowest BCUT2D eigenvalue weighted by molar-refractivity contribution is -0.298. The van der Waals surface area contributed by atoms with Gasteiger partial charge in [0.2, 0.25) is 5.91 Å². The number of rotatable bonds is 31. The highest BCUT2D eigenvalue weighted by atomic mass is 32.3. The van der Waals surface area contributed by atoms with E-state index in [0.717, 1.165) is 44.9 Å². The monoisotopic (exact) mass is 751 g/mol. The second kappa shape index (κ2) is 29.0. The van der Waals surface area contributed by atoms with Gasteiger partial charge in [-0.05, 0) is 25.7 Å². The number of nitrogens with one attached hydrogen (secondary N) is 1. The van der Waals surface area contributed by atoms with E-state index in [1.165, 1.54) is 70.3 Å². The van der Waals surface area contributed by atoms with Gasteiger partial charge in [0.05, 0.1) is 25.4 Å². The van der Waals surface area contributed by atoms with Crippen LogP contribution in [0.5, 0.6) is 0 Å². The van der Waals surface area contributed by atoms with Gasteiger partial charge in [-0.25, -0.2) is 4.18 Å². The summed E-state index contributed by atoms with van der Waals surface area (Å²) in [7, 11) is -5.11. The molecule has 300 valence electrons. The predicted octanol–water partition coefficient (Wildman–Crippen LogP) is 4.79. The summed E-state index contributed by atoms with van der Waals surface area (Å²) in [6.07, 6.45) is 17.4. The van der Waals surface area contributed by atoms with Gasteiger partial charge in [-0.1, -0.05) is 141 Å². The zero-order valence-corrected chi connectivity index (χ0v) is 31.8. The van der Waals surface area contributed by atoms with Crippen LogP contribution in [0, 0.1) is 0 Å². The van der Waals surface area contributed by atoms with Crippen LogP contribution < -0.4 is 5.32 Å². The first kappa shape index (κ1) is 47.6. The Labute approximate surface area is 306 Å². The number of hydrogen-bond donors (Lipinski definition) is 7. The quantitative estimate of drug-likeness (QED) is 0.0290. The van der Waals surface area contributed by atoms with E-state index in [9.17, 15) is 38.7 Å². The van der Waals surface area contributed by atoms with E-state index in [-0.39, 0.29) is 6.42 Å². The fourth-order valence-electron chi connectivity index (χ4n) is 5.93. The van der Waals surface area contributed by atoms with Crippen LogP contribution in [-0.2, 0) is 28.9 Å². The molecule has 14 heteroatoms. The molecule has 1 fully saturated rings. The van der Waals surface area contributed by atoms with Crippen molar-refractivity contribution in [2.45, 2.75) is 191 Å². The summed E-state index contributed by atoms with van der Waals surface area (Å²) < 4.78 is 47.1. The lowest BCUT2D eigenvalue weighted by Gasteiger charge is -2.41. The first-order valence-corrected chi connectivity index (χ1v) is 20.7. The highest BCUT2D eigenvalue weighted by Crippen LogP contribution is 2.26. The van der Waals surface area contributed by atoms with Gasteiger partial charge in [0.25, 0.3) is 0 Å². The number of aliphatic hydroxyl groups is 5. The number of aliphatic hydroxyl groups excluding tert-OH is 5. The number of amides is 1. The van der Waals surface area contributed by atoms with E-state index in [0.29, 0.717) is 12.8 Å². The van der Waals surface area contributed by atoms with E-state index in [1.54, 1.807) is 6.08 Å². The van der Waals surface area contributed by atoms with Gasteiger partial charge in [0.15, 0.2) is 6.29 Å². The molecule has 0 saturated carbocycles. The fraction of sp³-hybridized carbons (Fsp3) is 0.865. The molecule has 1 heterocycles. The fourth-order valence-corrected chi connectivity index (χ4v) is 6.44. The van der Waals surface area contributed by atoms with Gasteiger partial charge in [-0.2, -0.15) is 8.42 Å². The average Bonchev–Trinajstić information content (AvgIpc) is 3.09. The number of hydrogen-bond acceptors (Lipinski definition) is 11. The van der Waals surface area contributed by atoms with Crippen molar-refractivity contribution >= 4 is 16.3 Å². The molecule has 1 aliphatic heterocycles. The third-order valence-corrected chi connectivity index (χ3v) is 9.56. The Morgan fingerprint density at radius 1 is 0.784 bits per heavy atom. The summed E-state index contributed by atoms with van der Waals surface area (Å²) in [6, 6.07) is -1.13. The topological polar surface area (TPSA) is 212 Å². The zero-order valence-electron chi connectivity index (χ0n) is 31.0. The molecule has 0 aromatic heterocycles. The molecule has 0 spiro atoms. The standard InChI is InChI=1S/C37H69NO12S/c1-3-5-7-9-11-13-14-15-16-17-18-20-22-24-26-31(41)36(44)38-29(30(40)25-23-21-19-12-10-8-6-4-2)28-48-37-34(43)35(50-51(45,46)47)33(42)32(27-39)49-37/h10,12,23,25,29-35,37,39-43H,3-9,11,13-22,24,26-28H2,1-2H3,(H,38,44)(H,45,46,47)/b12-10+,25-23+. The van der Waals surface area contributed by atoms with Crippen LogP contribution in [-0.4, -0.2) is 107 Å². The minimum absolute atomic E-state index is 0.239. The van der Waals surface area contributed by atoms with Crippen LogP contribution in [0.4, 0.5) is 0 Å². The third kappa shape index (κ3) is 22.4. The van der Waals surface area contributed by atoms with Crippen molar-refractivity contribution in [1.29, 1.82) is 0 Å². The lowest BCUT2D eigenvalue weighted by Crippen LogP contribution is -2.61. The van der Waals surface area contributed by atoms with Crippen molar-refractivity contribution in [3.05, 3.63) is 24.3 Å². The molecule has 0 bridgehead atoms. The van der Waals surface area contributed by atoms with Crippen molar-refractivity contribution in [1.82, 2.24) is 5.32 Å². The van der Waals surface area contributed by atoms with Crippen molar-refractivity contribution < 1.29 is 57.0 Å². The molecule has 13 nitrogen and oxygen atoms in total. The molecule has 0 radical (unpaired) electrons. The van der Waals surface area contributed by atoms with Crippen molar-refractivity contribution in [2.24, 2.45) is 0 Å². The van der Waals surface area contributed by atoms with Gasteiger partial charge in [-0.3, -0.25) is 9.35 Å². The summed E-state index contributed by atoms with van der Waals surface area (Å²) in [6.45, 7) is 3.07. The Kier molecular flexibility index (Phi) is 27.0. The van der Waals surface area contributed by atoms with Crippen molar-refractivity contribution in [3.63, 3.8) is 0 Å². The summed E-state index contributed by atoms with van der Waals surface area (Å²) in [5.41, 5.74) is 0. The van der Waals surface area contributed by atoms with Gasteiger partial charge in [0.1, 0.15) is 30.5 Å². The highest BCUT2D eigenvalue weighted by Gasteiger charge is 2.48. The Bertz CT molecular complexity index is 1040. The lowest BCUT2D eigenvalue weighted by atomic mass is 9.99. The summed E-state index contributed by atoms with van der Waals surface area (Å²) in [5, 5.41) is 54.7. The van der Waals surface area contributed by atoms with Crippen LogP contribution in [0.2, 0.25) is 0 Å². The maximum Gasteiger partial charge on any atom is 0.397 e. The highest BCUT2D eigenvalue weighted by molar-refractivity contribution is 7.80. The molecular formula is C37H69NO12S. The zero-order chi connectivity index (χ0) is 37.9. The molecule has 0 aliphatic carbocycles. The summed E-state index contributed by atoms with van der Waals surface area (Å²) in [4.78, 5) is 13.0. The number of carbonyl (C=O) groups is 1.